The summed E-state index contributed by atoms with van der Waals surface area (Å²) in [5, 5.41) is 18.7. The molecular weight excluding hydrogens is 264 g/mol. The van der Waals surface area contributed by atoms with Gasteiger partial charge in [-0.25, -0.2) is 0 Å². The molecule has 0 amide bonds. The van der Waals surface area contributed by atoms with Crippen LogP contribution in [0.3, 0.4) is 0 Å². The number of ketones is 1. The second-order valence-corrected chi connectivity index (χ2v) is 4.31. The summed E-state index contributed by atoms with van der Waals surface area (Å²) >= 11 is 5.83. The summed E-state index contributed by atoms with van der Waals surface area (Å²) in [4.78, 5) is 11.9. The van der Waals surface area contributed by atoms with Crippen LogP contribution in [-0.2, 0) is 0 Å². The molecule has 0 unspecified atom stereocenters. The first-order valence-corrected chi connectivity index (χ1v) is 5.94. The van der Waals surface area contributed by atoms with Crippen LogP contribution in [0.2, 0.25) is 5.02 Å². The first kappa shape index (κ1) is 13.2. The second kappa shape index (κ2) is 5.59. The SMILES string of the molecule is O=C(/C=C/c1ccccc1)c1cc(O)cc(O)c1Cl. The lowest BCUT2D eigenvalue weighted by Gasteiger charge is -2.03. The molecule has 0 heterocycles. The molecule has 0 aliphatic carbocycles. The van der Waals surface area contributed by atoms with E-state index in [1.165, 1.54) is 12.1 Å². The zero-order valence-electron chi connectivity index (χ0n) is 9.88. The number of phenolic OH excluding ortho intramolecular Hbond substituents is 2. The molecule has 3 nitrogen and oxygen atoms in total. The molecule has 19 heavy (non-hydrogen) atoms. The maximum Gasteiger partial charge on any atom is 0.187 e. The third-order valence-corrected chi connectivity index (χ3v) is 2.93. The van der Waals surface area contributed by atoms with Crippen molar-refractivity contribution in [3.8, 4) is 11.5 Å². The van der Waals surface area contributed by atoms with Crippen LogP contribution in [0.15, 0.2) is 48.5 Å². The van der Waals surface area contributed by atoms with Crippen molar-refractivity contribution < 1.29 is 15.0 Å². The number of hydrogen-bond donors (Lipinski definition) is 2. The van der Waals surface area contributed by atoms with Crippen molar-refractivity contribution in [2.24, 2.45) is 0 Å². The number of carbonyl (C=O) groups is 1. The Hall–Kier alpha value is -2.26. The smallest absolute Gasteiger partial charge is 0.187 e. The van der Waals surface area contributed by atoms with E-state index in [0.29, 0.717) is 0 Å². The maximum absolute atomic E-state index is 11.9. The lowest BCUT2D eigenvalue weighted by Crippen LogP contribution is -1.95. The molecule has 0 atom stereocenters. The van der Waals surface area contributed by atoms with Crippen molar-refractivity contribution in [3.63, 3.8) is 0 Å². The molecule has 0 radical (unpaired) electrons. The lowest BCUT2D eigenvalue weighted by molar-refractivity contribution is 0.104. The monoisotopic (exact) mass is 274 g/mol. The summed E-state index contributed by atoms with van der Waals surface area (Å²) in [6.07, 6.45) is 2.98. The fraction of sp³-hybridized carbons (Fsp3) is 0. The predicted octanol–water partition coefficient (Wildman–Crippen LogP) is 3.65. The summed E-state index contributed by atoms with van der Waals surface area (Å²) in [6, 6.07) is 11.6. The van der Waals surface area contributed by atoms with Crippen molar-refractivity contribution in [2.45, 2.75) is 0 Å². The Balaban J connectivity index is 2.28. The van der Waals surface area contributed by atoms with Crippen LogP contribution in [0.4, 0.5) is 0 Å². The molecule has 0 saturated carbocycles. The van der Waals surface area contributed by atoms with E-state index < -0.39 is 0 Å². The molecule has 0 aliphatic rings. The summed E-state index contributed by atoms with van der Waals surface area (Å²) in [6.45, 7) is 0. The minimum Gasteiger partial charge on any atom is -0.508 e. The van der Waals surface area contributed by atoms with Crippen LogP contribution < -0.4 is 0 Å². The Morgan fingerprint density at radius 3 is 2.47 bits per heavy atom. The van der Waals surface area contributed by atoms with E-state index in [-0.39, 0.29) is 27.9 Å². The molecule has 0 saturated heterocycles. The van der Waals surface area contributed by atoms with Gasteiger partial charge in [-0.15, -0.1) is 0 Å². The highest BCUT2D eigenvalue weighted by Crippen LogP contribution is 2.32. The zero-order valence-corrected chi connectivity index (χ0v) is 10.6. The first-order valence-electron chi connectivity index (χ1n) is 5.57. The van der Waals surface area contributed by atoms with Crippen molar-refractivity contribution in [1.29, 1.82) is 0 Å². The van der Waals surface area contributed by atoms with E-state index >= 15 is 0 Å². The predicted molar refractivity (Wildman–Crippen MR) is 74.6 cm³/mol. The Bertz CT molecular complexity index is 633. The topological polar surface area (TPSA) is 57.5 Å². The van der Waals surface area contributed by atoms with Crippen molar-refractivity contribution in [3.05, 3.63) is 64.7 Å². The number of phenols is 2. The normalized spacial score (nSPS) is 10.8. The summed E-state index contributed by atoms with van der Waals surface area (Å²) in [5.74, 6) is -0.920. The number of allylic oxidation sites excluding steroid dienone is 1. The van der Waals surface area contributed by atoms with Crippen LogP contribution in [0, 0.1) is 0 Å². The van der Waals surface area contributed by atoms with Crippen LogP contribution in [0.5, 0.6) is 11.5 Å². The Morgan fingerprint density at radius 2 is 1.79 bits per heavy atom. The average molecular weight is 275 g/mol. The molecule has 0 bridgehead atoms. The number of halogens is 1. The largest absolute Gasteiger partial charge is 0.508 e. The van der Waals surface area contributed by atoms with Crippen molar-refractivity contribution >= 4 is 23.5 Å². The molecule has 0 fully saturated rings. The highest BCUT2D eigenvalue weighted by molar-refractivity contribution is 6.36. The molecule has 2 rings (SSSR count). The van der Waals surface area contributed by atoms with Gasteiger partial charge in [-0.05, 0) is 17.7 Å². The molecule has 2 aromatic carbocycles. The van der Waals surface area contributed by atoms with Crippen molar-refractivity contribution in [1.82, 2.24) is 0 Å². The standard InChI is InChI=1S/C15H11ClO3/c16-15-12(8-11(17)9-14(15)19)13(18)7-6-10-4-2-1-3-5-10/h1-9,17,19H/b7-6+. The van der Waals surface area contributed by atoms with Crippen LogP contribution >= 0.6 is 11.6 Å². The highest BCUT2D eigenvalue weighted by atomic mass is 35.5. The van der Waals surface area contributed by atoms with Crippen molar-refractivity contribution in [2.75, 3.05) is 0 Å². The average Bonchev–Trinajstić information content (AvgIpc) is 2.41. The van der Waals surface area contributed by atoms with Gasteiger partial charge in [0.1, 0.15) is 11.5 Å². The highest BCUT2D eigenvalue weighted by Gasteiger charge is 2.13. The van der Waals surface area contributed by atoms with Gasteiger partial charge in [0.15, 0.2) is 5.78 Å². The molecule has 4 heteroatoms. The first-order chi connectivity index (χ1) is 9.08. The van der Waals surface area contributed by atoms with E-state index in [1.807, 2.05) is 30.3 Å². The van der Waals surface area contributed by atoms with E-state index in [9.17, 15) is 15.0 Å². The number of hydrogen-bond acceptors (Lipinski definition) is 3. The Kier molecular flexibility index (Phi) is 3.88. The fourth-order valence-corrected chi connectivity index (χ4v) is 1.80. The number of benzene rings is 2. The van der Waals surface area contributed by atoms with Gasteiger partial charge in [0.25, 0.3) is 0 Å². The van der Waals surface area contributed by atoms with Gasteiger partial charge >= 0.3 is 0 Å². The van der Waals surface area contributed by atoms with Gasteiger partial charge < -0.3 is 10.2 Å². The Labute approximate surface area is 115 Å². The van der Waals surface area contributed by atoms with Gasteiger partial charge in [0.2, 0.25) is 0 Å². The summed E-state index contributed by atoms with van der Waals surface area (Å²) in [7, 11) is 0. The van der Waals surface area contributed by atoms with E-state index in [2.05, 4.69) is 0 Å². The molecule has 2 aromatic rings. The van der Waals surface area contributed by atoms with Gasteiger partial charge in [-0.3, -0.25) is 4.79 Å². The fourth-order valence-electron chi connectivity index (χ4n) is 1.60. The number of aromatic hydroxyl groups is 2. The lowest BCUT2D eigenvalue weighted by atomic mass is 10.1. The molecule has 2 N–H and O–H groups in total. The summed E-state index contributed by atoms with van der Waals surface area (Å²) in [5.41, 5.74) is 0.933. The van der Waals surface area contributed by atoms with E-state index in [1.54, 1.807) is 6.08 Å². The molecular formula is C15H11ClO3. The van der Waals surface area contributed by atoms with Crippen LogP contribution in [0.1, 0.15) is 15.9 Å². The molecule has 0 spiro atoms. The quantitative estimate of drug-likeness (QED) is 0.663. The third kappa shape index (κ3) is 3.14. The number of carbonyl (C=O) groups excluding carboxylic acids is 1. The van der Waals surface area contributed by atoms with Gasteiger partial charge in [-0.1, -0.05) is 48.0 Å². The minimum atomic E-state index is -0.389. The maximum atomic E-state index is 11.9. The molecule has 96 valence electrons. The third-order valence-electron chi connectivity index (χ3n) is 2.53. The molecule has 0 aromatic heterocycles. The molecule has 0 aliphatic heterocycles. The van der Waals surface area contributed by atoms with Gasteiger partial charge in [0, 0.05) is 11.6 Å². The van der Waals surface area contributed by atoms with E-state index in [4.69, 9.17) is 11.6 Å². The zero-order chi connectivity index (χ0) is 13.8. The van der Waals surface area contributed by atoms with Crippen LogP contribution in [0.25, 0.3) is 6.08 Å². The Morgan fingerprint density at radius 1 is 1.11 bits per heavy atom. The van der Waals surface area contributed by atoms with Crippen LogP contribution in [-0.4, -0.2) is 16.0 Å². The second-order valence-electron chi connectivity index (χ2n) is 3.93. The van der Waals surface area contributed by atoms with Gasteiger partial charge in [-0.2, -0.15) is 0 Å². The number of rotatable bonds is 3. The van der Waals surface area contributed by atoms with E-state index in [0.717, 1.165) is 11.6 Å². The minimum absolute atomic E-state index is 0.0614. The van der Waals surface area contributed by atoms with Gasteiger partial charge in [0.05, 0.1) is 5.02 Å². The summed E-state index contributed by atoms with van der Waals surface area (Å²) < 4.78 is 0.